The van der Waals surface area contributed by atoms with Crippen LogP contribution in [0.2, 0.25) is 0 Å². The van der Waals surface area contributed by atoms with E-state index in [0.29, 0.717) is 23.8 Å². The van der Waals surface area contributed by atoms with Gasteiger partial charge in [-0.25, -0.2) is 8.42 Å². The third-order valence-electron chi connectivity index (χ3n) is 3.01. The zero-order valence-corrected chi connectivity index (χ0v) is 12.8. The molecule has 108 valence electrons. The van der Waals surface area contributed by atoms with E-state index < -0.39 is 10.0 Å². The largest absolute Gasteiger partial charge is 0.373 e. The van der Waals surface area contributed by atoms with Crippen LogP contribution < -0.4 is 5.73 Å². The summed E-state index contributed by atoms with van der Waals surface area (Å²) in [6, 6.07) is 3.52. The molecule has 0 amide bonds. The minimum Gasteiger partial charge on any atom is -0.373 e. The maximum Gasteiger partial charge on any atom is 0.252 e. The van der Waals surface area contributed by atoms with Crippen molar-refractivity contribution in [3.63, 3.8) is 0 Å². The predicted molar refractivity (Wildman–Crippen MR) is 75.8 cm³/mol. The predicted octanol–water partition coefficient (Wildman–Crippen LogP) is 1.05. The van der Waals surface area contributed by atoms with Gasteiger partial charge in [-0.1, -0.05) is 0 Å². The molecule has 1 aliphatic rings. The average Bonchev–Trinajstić information content (AvgIpc) is 2.77. The van der Waals surface area contributed by atoms with E-state index in [1.54, 1.807) is 6.07 Å². The molecule has 1 aromatic rings. The second-order valence-electron chi connectivity index (χ2n) is 4.84. The van der Waals surface area contributed by atoms with Crippen LogP contribution in [0.3, 0.4) is 0 Å². The molecule has 0 saturated carbocycles. The Morgan fingerprint density at radius 3 is 2.58 bits per heavy atom. The molecule has 2 heterocycles. The molecular formula is C12H20N2O3S2. The lowest BCUT2D eigenvalue weighted by atomic mass is 10.3. The van der Waals surface area contributed by atoms with Gasteiger partial charge in [0.1, 0.15) is 4.21 Å². The summed E-state index contributed by atoms with van der Waals surface area (Å²) >= 11 is 1.31. The molecule has 0 spiro atoms. The summed E-state index contributed by atoms with van der Waals surface area (Å²) in [5.74, 6) is 0. The van der Waals surface area contributed by atoms with Gasteiger partial charge in [0.25, 0.3) is 10.0 Å². The maximum absolute atomic E-state index is 12.5. The smallest absolute Gasteiger partial charge is 0.252 e. The second kappa shape index (κ2) is 5.88. The first-order valence-corrected chi connectivity index (χ1v) is 8.63. The SMILES string of the molecule is CC1CN(S(=O)(=O)c2ccc(CCN)s2)CC(C)O1. The van der Waals surface area contributed by atoms with Crippen LogP contribution in [0.5, 0.6) is 0 Å². The summed E-state index contributed by atoms with van der Waals surface area (Å²) in [5.41, 5.74) is 5.49. The highest BCUT2D eigenvalue weighted by Crippen LogP contribution is 2.27. The van der Waals surface area contributed by atoms with Gasteiger partial charge in [-0.2, -0.15) is 4.31 Å². The van der Waals surface area contributed by atoms with Crippen molar-refractivity contribution < 1.29 is 13.2 Å². The van der Waals surface area contributed by atoms with Crippen LogP contribution in [0.4, 0.5) is 0 Å². The Balaban J connectivity index is 2.20. The van der Waals surface area contributed by atoms with Gasteiger partial charge >= 0.3 is 0 Å². The van der Waals surface area contributed by atoms with Crippen LogP contribution in [0.25, 0.3) is 0 Å². The number of ether oxygens (including phenoxy) is 1. The van der Waals surface area contributed by atoms with E-state index in [0.717, 1.165) is 11.3 Å². The van der Waals surface area contributed by atoms with Gasteiger partial charge < -0.3 is 10.5 Å². The van der Waals surface area contributed by atoms with Gasteiger partial charge in [0.05, 0.1) is 12.2 Å². The van der Waals surface area contributed by atoms with Crippen molar-refractivity contribution in [2.75, 3.05) is 19.6 Å². The molecule has 2 atom stereocenters. The lowest BCUT2D eigenvalue weighted by molar-refractivity contribution is -0.0440. The Morgan fingerprint density at radius 2 is 2.00 bits per heavy atom. The highest BCUT2D eigenvalue weighted by Gasteiger charge is 2.32. The van der Waals surface area contributed by atoms with Crippen LogP contribution in [-0.4, -0.2) is 44.6 Å². The highest BCUT2D eigenvalue weighted by atomic mass is 32.2. The first-order valence-electron chi connectivity index (χ1n) is 6.38. The third-order valence-corrected chi connectivity index (χ3v) is 6.45. The van der Waals surface area contributed by atoms with Crippen LogP contribution in [0.1, 0.15) is 18.7 Å². The average molecular weight is 304 g/mol. The number of hydrogen-bond acceptors (Lipinski definition) is 5. The van der Waals surface area contributed by atoms with E-state index in [1.807, 2.05) is 19.9 Å². The van der Waals surface area contributed by atoms with Gasteiger partial charge in [-0.15, -0.1) is 11.3 Å². The molecule has 0 aromatic carbocycles. The molecule has 1 fully saturated rings. The van der Waals surface area contributed by atoms with Crippen molar-refractivity contribution in [2.24, 2.45) is 5.73 Å². The standard InChI is InChI=1S/C12H20N2O3S2/c1-9-7-14(8-10(2)17-9)19(15,16)12-4-3-11(18-12)5-6-13/h3-4,9-10H,5-8,13H2,1-2H3. The third kappa shape index (κ3) is 3.35. The summed E-state index contributed by atoms with van der Waals surface area (Å²) in [5, 5.41) is 0. The molecule has 1 aromatic heterocycles. The zero-order chi connectivity index (χ0) is 14.0. The first-order chi connectivity index (χ1) is 8.93. The Kier molecular flexibility index (Phi) is 4.62. The fraction of sp³-hybridized carbons (Fsp3) is 0.667. The Bertz CT molecular complexity index is 517. The molecule has 2 N–H and O–H groups in total. The number of nitrogens with zero attached hydrogens (tertiary/aromatic N) is 1. The van der Waals surface area contributed by atoms with Gasteiger partial charge in [0.15, 0.2) is 0 Å². The fourth-order valence-corrected chi connectivity index (χ4v) is 5.34. The van der Waals surface area contributed by atoms with Crippen molar-refractivity contribution in [2.45, 2.75) is 36.7 Å². The molecule has 0 radical (unpaired) electrons. The summed E-state index contributed by atoms with van der Waals surface area (Å²) in [6.45, 7) is 5.15. The van der Waals surface area contributed by atoms with Gasteiger partial charge in [0, 0.05) is 18.0 Å². The second-order valence-corrected chi connectivity index (χ2v) is 8.17. The molecule has 19 heavy (non-hydrogen) atoms. The quantitative estimate of drug-likeness (QED) is 0.902. The number of thiophene rings is 1. The van der Waals surface area contributed by atoms with Gasteiger partial charge in [-0.3, -0.25) is 0 Å². The monoisotopic (exact) mass is 304 g/mol. The van der Waals surface area contributed by atoms with Crippen molar-refractivity contribution in [1.82, 2.24) is 4.31 Å². The molecule has 0 aliphatic carbocycles. The van der Waals surface area contributed by atoms with Crippen LogP contribution >= 0.6 is 11.3 Å². The summed E-state index contributed by atoms with van der Waals surface area (Å²) in [7, 11) is -3.39. The summed E-state index contributed by atoms with van der Waals surface area (Å²) < 4.78 is 32.6. The lowest BCUT2D eigenvalue weighted by Gasteiger charge is -2.34. The maximum atomic E-state index is 12.5. The molecule has 2 rings (SSSR count). The molecule has 1 aliphatic heterocycles. The number of nitrogens with two attached hydrogens (primary N) is 1. The minimum atomic E-state index is -3.39. The summed E-state index contributed by atoms with van der Waals surface area (Å²) in [6.07, 6.45) is 0.583. The van der Waals surface area contributed by atoms with Crippen LogP contribution in [-0.2, 0) is 21.2 Å². The molecule has 5 nitrogen and oxygen atoms in total. The zero-order valence-electron chi connectivity index (χ0n) is 11.2. The Hall–Kier alpha value is -0.470. The molecule has 2 unspecified atom stereocenters. The molecule has 7 heteroatoms. The molecule has 0 bridgehead atoms. The Morgan fingerprint density at radius 1 is 1.37 bits per heavy atom. The van der Waals surface area contributed by atoms with Gasteiger partial charge in [0.2, 0.25) is 0 Å². The van der Waals surface area contributed by atoms with Crippen molar-refractivity contribution in [1.29, 1.82) is 0 Å². The summed E-state index contributed by atoms with van der Waals surface area (Å²) in [4.78, 5) is 1.01. The van der Waals surface area contributed by atoms with Gasteiger partial charge in [-0.05, 0) is 38.9 Å². The number of morpholine rings is 1. The molecular weight excluding hydrogens is 284 g/mol. The van der Waals surface area contributed by atoms with Crippen LogP contribution in [0.15, 0.2) is 16.3 Å². The molecule has 1 saturated heterocycles. The number of hydrogen-bond donors (Lipinski definition) is 1. The van der Waals surface area contributed by atoms with E-state index in [2.05, 4.69) is 0 Å². The van der Waals surface area contributed by atoms with Crippen LogP contribution in [0, 0.1) is 0 Å². The minimum absolute atomic E-state index is 0.0676. The highest BCUT2D eigenvalue weighted by molar-refractivity contribution is 7.91. The van der Waals surface area contributed by atoms with Crippen molar-refractivity contribution in [3.05, 3.63) is 17.0 Å². The number of sulfonamides is 1. The number of rotatable bonds is 4. The van der Waals surface area contributed by atoms with E-state index in [-0.39, 0.29) is 12.2 Å². The van der Waals surface area contributed by atoms with E-state index in [9.17, 15) is 8.42 Å². The van der Waals surface area contributed by atoms with E-state index in [4.69, 9.17) is 10.5 Å². The first kappa shape index (κ1) is 14.9. The topological polar surface area (TPSA) is 72.6 Å². The normalized spacial score (nSPS) is 25.6. The lowest BCUT2D eigenvalue weighted by Crippen LogP contribution is -2.47. The van der Waals surface area contributed by atoms with E-state index in [1.165, 1.54) is 15.6 Å². The van der Waals surface area contributed by atoms with Crippen molar-refractivity contribution in [3.8, 4) is 0 Å². The van der Waals surface area contributed by atoms with Crippen molar-refractivity contribution >= 4 is 21.4 Å². The van der Waals surface area contributed by atoms with E-state index >= 15 is 0 Å². The Labute approximate surface area is 118 Å². The fourth-order valence-electron chi connectivity index (χ4n) is 2.23.